The molecule has 2 aromatic carbocycles. The molecule has 9 heteroatoms. The highest BCUT2D eigenvalue weighted by Crippen LogP contribution is 2.18. The Morgan fingerprint density at radius 2 is 1.69 bits per heavy atom. The largest absolute Gasteiger partial charge is 0.361 e. The molecule has 3 rings (SSSR count). The lowest BCUT2D eigenvalue weighted by Gasteiger charge is -2.20. The molecule has 32 heavy (non-hydrogen) atoms. The minimum Gasteiger partial charge on any atom is -0.361 e. The summed E-state index contributed by atoms with van der Waals surface area (Å²) in [6, 6.07) is 12.9. The predicted molar refractivity (Wildman–Crippen MR) is 123 cm³/mol. The smallest absolute Gasteiger partial charge is 0.256 e. The number of amides is 2. The van der Waals surface area contributed by atoms with Gasteiger partial charge in [0.25, 0.3) is 5.91 Å². The molecule has 0 fully saturated rings. The number of aryl methyl sites for hydroxylation is 1. The number of hydrogen-bond acceptors (Lipinski definition) is 4. The summed E-state index contributed by atoms with van der Waals surface area (Å²) in [5.74, 6) is -0.983. The van der Waals surface area contributed by atoms with Gasteiger partial charge in [-0.3, -0.25) is 20.4 Å². The first-order valence-corrected chi connectivity index (χ1v) is 11.9. The van der Waals surface area contributed by atoms with E-state index >= 15 is 0 Å². The van der Waals surface area contributed by atoms with Crippen molar-refractivity contribution in [3.05, 3.63) is 65.9 Å². The molecule has 0 saturated heterocycles. The van der Waals surface area contributed by atoms with E-state index in [1.807, 2.05) is 45.0 Å². The fourth-order valence-electron chi connectivity index (χ4n) is 3.37. The topological polar surface area (TPSA) is 120 Å². The van der Waals surface area contributed by atoms with Crippen molar-refractivity contribution in [2.24, 2.45) is 5.92 Å². The van der Waals surface area contributed by atoms with E-state index in [1.54, 1.807) is 18.3 Å². The number of sulfonamides is 1. The average molecular weight is 457 g/mol. The zero-order chi connectivity index (χ0) is 23.3. The monoisotopic (exact) mass is 456 g/mol. The van der Waals surface area contributed by atoms with Crippen molar-refractivity contribution in [1.29, 1.82) is 0 Å². The normalized spacial score (nSPS) is 12.6. The number of fused-ring (bicyclic) bond motifs is 1. The Hall–Kier alpha value is -3.17. The lowest BCUT2D eigenvalue weighted by molar-refractivity contribution is -0.129. The Labute approximate surface area is 187 Å². The molecule has 4 N–H and O–H groups in total. The molecule has 170 valence electrons. The number of hydrazine groups is 1. The highest BCUT2D eigenvalue weighted by molar-refractivity contribution is 7.89. The van der Waals surface area contributed by atoms with Gasteiger partial charge in [0.1, 0.15) is 6.04 Å². The molecule has 2 amide bonds. The van der Waals surface area contributed by atoms with Gasteiger partial charge in [-0.15, -0.1) is 0 Å². The number of hydrogen-bond donors (Lipinski definition) is 4. The molecule has 0 radical (unpaired) electrons. The van der Waals surface area contributed by atoms with Crippen LogP contribution in [0.4, 0.5) is 0 Å². The number of carbonyl (C=O) groups is 2. The van der Waals surface area contributed by atoms with Gasteiger partial charge in [-0.25, -0.2) is 8.42 Å². The maximum absolute atomic E-state index is 12.7. The second-order valence-electron chi connectivity index (χ2n) is 8.19. The summed E-state index contributed by atoms with van der Waals surface area (Å²) in [4.78, 5) is 28.2. The maximum atomic E-state index is 12.7. The van der Waals surface area contributed by atoms with E-state index in [-0.39, 0.29) is 23.7 Å². The standard InChI is InChI=1S/C23H28N4O4S/c1-15(2)12-21(27-32(30,31)18-10-8-16(3)9-11-18)23(29)26-25-22(28)13-17-14-24-20-7-5-4-6-19(17)20/h4-11,14-15,21,24,27H,12-13H2,1-3H3,(H,25,28)(H,26,29)/t21-/m0/s1. The molecular formula is C23H28N4O4S. The van der Waals surface area contributed by atoms with E-state index in [2.05, 4.69) is 20.6 Å². The summed E-state index contributed by atoms with van der Waals surface area (Å²) in [6.07, 6.45) is 2.09. The van der Waals surface area contributed by atoms with Crippen LogP contribution in [0.25, 0.3) is 10.9 Å². The van der Waals surface area contributed by atoms with Crippen molar-refractivity contribution in [2.45, 2.75) is 44.6 Å². The fourth-order valence-corrected chi connectivity index (χ4v) is 4.57. The van der Waals surface area contributed by atoms with Crippen LogP contribution in [0, 0.1) is 12.8 Å². The Morgan fingerprint density at radius 3 is 2.38 bits per heavy atom. The molecule has 0 saturated carbocycles. The molecule has 1 aromatic heterocycles. The lowest BCUT2D eigenvalue weighted by atomic mass is 10.0. The SMILES string of the molecule is Cc1ccc(S(=O)(=O)N[C@@H](CC(C)C)C(=O)NNC(=O)Cc2c[nH]c3ccccc23)cc1. The van der Waals surface area contributed by atoms with Crippen molar-refractivity contribution in [2.75, 3.05) is 0 Å². The van der Waals surface area contributed by atoms with Crippen LogP contribution < -0.4 is 15.6 Å². The first-order chi connectivity index (χ1) is 15.2. The Kier molecular flexibility index (Phi) is 7.32. The van der Waals surface area contributed by atoms with E-state index in [1.165, 1.54) is 12.1 Å². The van der Waals surface area contributed by atoms with E-state index in [0.29, 0.717) is 0 Å². The van der Waals surface area contributed by atoms with Crippen LogP contribution in [-0.2, 0) is 26.0 Å². The predicted octanol–water partition coefficient (Wildman–Crippen LogP) is 2.56. The van der Waals surface area contributed by atoms with E-state index in [9.17, 15) is 18.0 Å². The van der Waals surface area contributed by atoms with E-state index in [0.717, 1.165) is 22.0 Å². The number of para-hydroxylation sites is 1. The van der Waals surface area contributed by atoms with Crippen molar-refractivity contribution >= 4 is 32.7 Å². The highest BCUT2D eigenvalue weighted by atomic mass is 32.2. The van der Waals surface area contributed by atoms with Crippen LogP contribution in [0.1, 0.15) is 31.4 Å². The number of benzene rings is 2. The lowest BCUT2D eigenvalue weighted by Crippen LogP contribution is -2.52. The molecular weight excluding hydrogens is 428 g/mol. The van der Waals surface area contributed by atoms with Crippen LogP contribution in [0.2, 0.25) is 0 Å². The summed E-state index contributed by atoms with van der Waals surface area (Å²) in [7, 11) is -3.90. The number of aromatic amines is 1. The van der Waals surface area contributed by atoms with Gasteiger partial charge in [-0.2, -0.15) is 4.72 Å². The van der Waals surface area contributed by atoms with E-state index in [4.69, 9.17) is 0 Å². The molecule has 3 aromatic rings. The van der Waals surface area contributed by atoms with Crippen LogP contribution >= 0.6 is 0 Å². The minimum absolute atomic E-state index is 0.0494. The molecule has 0 spiro atoms. The summed E-state index contributed by atoms with van der Waals surface area (Å²) in [5.41, 5.74) is 7.39. The van der Waals surface area contributed by atoms with Gasteiger partial charge in [0.15, 0.2) is 0 Å². The zero-order valence-corrected chi connectivity index (χ0v) is 19.1. The number of H-pyrrole nitrogens is 1. The molecule has 0 aliphatic rings. The van der Waals surface area contributed by atoms with Crippen molar-refractivity contribution < 1.29 is 18.0 Å². The molecule has 1 heterocycles. The van der Waals surface area contributed by atoms with Crippen LogP contribution in [0.3, 0.4) is 0 Å². The van der Waals surface area contributed by atoms with E-state index < -0.39 is 27.9 Å². The van der Waals surface area contributed by atoms with Crippen LogP contribution in [0.5, 0.6) is 0 Å². The third-order valence-electron chi connectivity index (χ3n) is 5.00. The van der Waals surface area contributed by atoms with Gasteiger partial charge in [0, 0.05) is 17.1 Å². The Bertz CT molecular complexity index is 1200. The Balaban J connectivity index is 1.64. The van der Waals surface area contributed by atoms with Crippen molar-refractivity contribution in [3.63, 3.8) is 0 Å². The highest BCUT2D eigenvalue weighted by Gasteiger charge is 2.27. The second-order valence-corrected chi connectivity index (χ2v) is 9.90. The third-order valence-corrected chi connectivity index (χ3v) is 6.49. The van der Waals surface area contributed by atoms with Gasteiger partial charge in [0.2, 0.25) is 15.9 Å². The second kappa shape index (κ2) is 9.97. The Morgan fingerprint density at radius 1 is 1.00 bits per heavy atom. The molecule has 1 atom stereocenters. The van der Waals surface area contributed by atoms with Gasteiger partial charge in [0.05, 0.1) is 11.3 Å². The molecule has 8 nitrogen and oxygen atoms in total. The van der Waals surface area contributed by atoms with Gasteiger partial charge in [-0.1, -0.05) is 49.7 Å². The first kappa shape index (κ1) is 23.5. The number of rotatable bonds is 8. The van der Waals surface area contributed by atoms with Gasteiger partial charge in [-0.05, 0) is 43.0 Å². The fraction of sp³-hybridized carbons (Fsp3) is 0.304. The number of nitrogens with one attached hydrogen (secondary N) is 4. The molecule has 0 unspecified atom stereocenters. The quantitative estimate of drug-likeness (QED) is 0.389. The number of aromatic nitrogens is 1. The van der Waals surface area contributed by atoms with Crippen LogP contribution in [-0.4, -0.2) is 31.3 Å². The van der Waals surface area contributed by atoms with Crippen LogP contribution in [0.15, 0.2) is 59.6 Å². The summed E-state index contributed by atoms with van der Waals surface area (Å²) in [6.45, 7) is 5.63. The first-order valence-electron chi connectivity index (χ1n) is 10.4. The zero-order valence-electron chi connectivity index (χ0n) is 18.3. The minimum atomic E-state index is -3.90. The summed E-state index contributed by atoms with van der Waals surface area (Å²) < 4.78 is 27.9. The average Bonchev–Trinajstić information content (AvgIpc) is 3.14. The van der Waals surface area contributed by atoms with Gasteiger partial charge >= 0.3 is 0 Å². The molecule has 0 bridgehead atoms. The summed E-state index contributed by atoms with van der Waals surface area (Å²) in [5, 5.41) is 0.928. The summed E-state index contributed by atoms with van der Waals surface area (Å²) >= 11 is 0. The number of carbonyl (C=O) groups excluding carboxylic acids is 2. The maximum Gasteiger partial charge on any atom is 0.256 e. The third kappa shape index (κ3) is 5.95. The van der Waals surface area contributed by atoms with Crippen molar-refractivity contribution in [1.82, 2.24) is 20.6 Å². The van der Waals surface area contributed by atoms with Gasteiger partial charge < -0.3 is 4.98 Å². The van der Waals surface area contributed by atoms with Crippen molar-refractivity contribution in [3.8, 4) is 0 Å². The molecule has 0 aliphatic heterocycles. The molecule has 0 aliphatic carbocycles.